The fourth-order valence-electron chi connectivity index (χ4n) is 2.39. The summed E-state index contributed by atoms with van der Waals surface area (Å²) < 4.78 is 35.6. The summed E-state index contributed by atoms with van der Waals surface area (Å²) in [5.41, 5.74) is 0.957. The number of rotatable bonds is 6. The van der Waals surface area contributed by atoms with Crippen molar-refractivity contribution >= 4 is 31.5 Å². The summed E-state index contributed by atoms with van der Waals surface area (Å²) in [4.78, 5) is 0.696. The van der Waals surface area contributed by atoms with Crippen LogP contribution >= 0.6 is 11.3 Å². The topological polar surface area (TPSA) is 72.8 Å². The Balaban J connectivity index is 1.76. The first-order chi connectivity index (χ1) is 11.9. The summed E-state index contributed by atoms with van der Waals surface area (Å²) in [5, 5.41) is 11.3. The van der Waals surface area contributed by atoms with Gasteiger partial charge in [0, 0.05) is 4.88 Å². The zero-order valence-corrected chi connectivity index (χ0v) is 15.4. The molecule has 0 aliphatic rings. The molecule has 0 fully saturated rings. The van der Waals surface area contributed by atoms with Crippen molar-refractivity contribution in [1.29, 1.82) is 0 Å². The average molecular weight is 378 g/mol. The zero-order chi connectivity index (χ0) is 18.0. The molecule has 0 bridgehead atoms. The van der Waals surface area contributed by atoms with E-state index in [0.717, 1.165) is 15.6 Å². The molecule has 0 aliphatic carbocycles. The number of aliphatic hydroxyl groups excluding tert-OH is 1. The van der Waals surface area contributed by atoms with E-state index in [4.69, 9.17) is 8.92 Å². The SMILES string of the molecule is COc1cccc2cc([C@@H](O)COS(=O)(=O)c3ccc(C)cc3)sc12. The molecule has 0 spiro atoms. The van der Waals surface area contributed by atoms with Crippen LogP contribution in [0.3, 0.4) is 0 Å². The van der Waals surface area contributed by atoms with Gasteiger partial charge in [-0.25, -0.2) is 0 Å². The summed E-state index contributed by atoms with van der Waals surface area (Å²) >= 11 is 1.36. The van der Waals surface area contributed by atoms with Crippen molar-refractivity contribution in [2.24, 2.45) is 0 Å². The van der Waals surface area contributed by atoms with Crippen LogP contribution in [0.1, 0.15) is 16.5 Å². The minimum atomic E-state index is -3.90. The highest BCUT2D eigenvalue weighted by atomic mass is 32.2. The van der Waals surface area contributed by atoms with E-state index in [-0.39, 0.29) is 11.5 Å². The van der Waals surface area contributed by atoms with Gasteiger partial charge >= 0.3 is 0 Å². The van der Waals surface area contributed by atoms with E-state index in [9.17, 15) is 13.5 Å². The van der Waals surface area contributed by atoms with Crippen LogP contribution in [0.25, 0.3) is 10.1 Å². The lowest BCUT2D eigenvalue weighted by Crippen LogP contribution is -2.12. The molecule has 0 aliphatic heterocycles. The molecule has 3 rings (SSSR count). The Morgan fingerprint density at radius 2 is 1.88 bits per heavy atom. The lowest BCUT2D eigenvalue weighted by atomic mass is 10.2. The molecule has 2 aromatic carbocycles. The van der Waals surface area contributed by atoms with Gasteiger partial charge in [0.2, 0.25) is 0 Å². The Labute approximate surface area is 150 Å². The molecule has 0 amide bonds. The molecule has 132 valence electrons. The largest absolute Gasteiger partial charge is 0.495 e. The van der Waals surface area contributed by atoms with E-state index >= 15 is 0 Å². The van der Waals surface area contributed by atoms with Gasteiger partial charge in [-0.05, 0) is 36.6 Å². The Morgan fingerprint density at radius 1 is 1.16 bits per heavy atom. The molecule has 5 nitrogen and oxygen atoms in total. The van der Waals surface area contributed by atoms with Crippen molar-refractivity contribution in [2.75, 3.05) is 13.7 Å². The van der Waals surface area contributed by atoms with Crippen LogP contribution in [0, 0.1) is 6.92 Å². The van der Waals surface area contributed by atoms with Crippen molar-refractivity contribution in [1.82, 2.24) is 0 Å². The first-order valence-corrected chi connectivity index (χ1v) is 9.84. The third kappa shape index (κ3) is 3.85. The van der Waals surface area contributed by atoms with Crippen molar-refractivity contribution in [3.8, 4) is 5.75 Å². The molecular weight excluding hydrogens is 360 g/mol. The standard InChI is InChI=1S/C18H18O5S2/c1-12-6-8-14(9-7-12)25(20,21)23-11-15(19)17-10-13-4-3-5-16(22-2)18(13)24-17/h3-10,15,19H,11H2,1-2H3/t15-/m0/s1. The Hall–Kier alpha value is -1.93. The number of ether oxygens (including phenoxy) is 1. The summed E-state index contributed by atoms with van der Waals surface area (Å²) in [5.74, 6) is 0.717. The molecule has 3 aromatic rings. The van der Waals surface area contributed by atoms with E-state index in [0.29, 0.717) is 10.6 Å². The lowest BCUT2D eigenvalue weighted by Gasteiger charge is -2.10. The van der Waals surface area contributed by atoms with Crippen molar-refractivity contribution < 1.29 is 22.4 Å². The van der Waals surface area contributed by atoms with Gasteiger partial charge in [-0.15, -0.1) is 11.3 Å². The maximum Gasteiger partial charge on any atom is 0.297 e. The smallest absolute Gasteiger partial charge is 0.297 e. The molecule has 0 unspecified atom stereocenters. The summed E-state index contributed by atoms with van der Waals surface area (Å²) in [6.45, 7) is 1.53. The highest BCUT2D eigenvalue weighted by Crippen LogP contribution is 2.36. The van der Waals surface area contributed by atoms with Crippen molar-refractivity contribution in [3.05, 3.63) is 59.0 Å². The number of aryl methyl sites for hydroxylation is 1. The highest BCUT2D eigenvalue weighted by Gasteiger charge is 2.20. The minimum absolute atomic E-state index is 0.0725. The maximum absolute atomic E-state index is 12.2. The quantitative estimate of drug-likeness (QED) is 0.663. The van der Waals surface area contributed by atoms with Crippen LogP contribution in [0.5, 0.6) is 5.75 Å². The highest BCUT2D eigenvalue weighted by molar-refractivity contribution is 7.86. The van der Waals surface area contributed by atoms with Gasteiger partial charge in [-0.2, -0.15) is 8.42 Å². The zero-order valence-electron chi connectivity index (χ0n) is 13.8. The van der Waals surface area contributed by atoms with E-state index in [2.05, 4.69) is 0 Å². The number of fused-ring (bicyclic) bond motifs is 1. The molecular formula is C18H18O5S2. The maximum atomic E-state index is 12.2. The second kappa shape index (κ2) is 7.13. The van der Waals surface area contributed by atoms with E-state index in [1.807, 2.05) is 31.2 Å². The molecule has 7 heteroatoms. The Kier molecular flexibility index (Phi) is 5.10. The molecule has 25 heavy (non-hydrogen) atoms. The van der Waals surface area contributed by atoms with Gasteiger partial charge in [0.05, 0.1) is 23.3 Å². The minimum Gasteiger partial charge on any atom is -0.495 e. The number of benzene rings is 2. The van der Waals surface area contributed by atoms with Crippen LogP contribution in [0.2, 0.25) is 0 Å². The second-order valence-corrected chi connectivity index (χ2v) is 8.29. The van der Waals surface area contributed by atoms with Gasteiger partial charge in [-0.3, -0.25) is 4.18 Å². The monoisotopic (exact) mass is 378 g/mol. The first-order valence-electron chi connectivity index (χ1n) is 7.61. The third-order valence-electron chi connectivity index (χ3n) is 3.77. The number of thiophene rings is 1. The van der Waals surface area contributed by atoms with Gasteiger partial charge in [0.1, 0.15) is 11.9 Å². The molecule has 0 saturated heterocycles. The van der Waals surface area contributed by atoms with Gasteiger partial charge in [-0.1, -0.05) is 29.8 Å². The van der Waals surface area contributed by atoms with E-state index in [1.54, 1.807) is 19.2 Å². The molecule has 0 saturated carbocycles. The predicted molar refractivity (Wildman–Crippen MR) is 97.7 cm³/mol. The Morgan fingerprint density at radius 3 is 2.56 bits per heavy atom. The summed E-state index contributed by atoms with van der Waals surface area (Å²) in [7, 11) is -2.32. The summed E-state index contributed by atoms with van der Waals surface area (Å²) in [6, 6.07) is 13.8. The lowest BCUT2D eigenvalue weighted by molar-refractivity contribution is 0.114. The third-order valence-corrected chi connectivity index (χ3v) is 6.33. The second-order valence-electron chi connectivity index (χ2n) is 5.59. The molecule has 0 radical (unpaired) electrons. The number of hydrogen-bond acceptors (Lipinski definition) is 6. The van der Waals surface area contributed by atoms with Crippen LogP contribution in [-0.4, -0.2) is 27.2 Å². The number of methoxy groups -OCH3 is 1. The van der Waals surface area contributed by atoms with Crippen LogP contribution in [0.4, 0.5) is 0 Å². The van der Waals surface area contributed by atoms with Crippen molar-refractivity contribution in [3.63, 3.8) is 0 Å². The van der Waals surface area contributed by atoms with E-state index in [1.165, 1.54) is 23.5 Å². The molecule has 1 heterocycles. The number of hydrogen-bond donors (Lipinski definition) is 1. The van der Waals surface area contributed by atoms with Gasteiger partial charge < -0.3 is 9.84 Å². The molecule has 1 atom stereocenters. The summed E-state index contributed by atoms with van der Waals surface area (Å²) in [6.07, 6.45) is -1.04. The average Bonchev–Trinajstić information content (AvgIpc) is 3.04. The molecule has 1 N–H and O–H groups in total. The van der Waals surface area contributed by atoms with Gasteiger partial charge in [0.15, 0.2) is 0 Å². The van der Waals surface area contributed by atoms with Crippen molar-refractivity contribution in [2.45, 2.75) is 17.9 Å². The first kappa shape index (κ1) is 17.9. The fraction of sp³-hybridized carbons (Fsp3) is 0.222. The predicted octanol–water partition coefficient (Wildman–Crippen LogP) is 3.66. The van der Waals surface area contributed by atoms with Crippen LogP contribution in [0.15, 0.2) is 53.4 Å². The van der Waals surface area contributed by atoms with Crippen LogP contribution < -0.4 is 4.74 Å². The fourth-order valence-corrected chi connectivity index (χ4v) is 4.43. The number of aliphatic hydroxyl groups is 1. The molecule has 1 aromatic heterocycles. The van der Waals surface area contributed by atoms with E-state index < -0.39 is 16.2 Å². The Bertz CT molecular complexity index is 974. The van der Waals surface area contributed by atoms with Crippen LogP contribution in [-0.2, 0) is 14.3 Å². The van der Waals surface area contributed by atoms with Gasteiger partial charge in [0.25, 0.3) is 10.1 Å². The normalized spacial score (nSPS) is 13.1.